The van der Waals surface area contributed by atoms with E-state index in [1.54, 1.807) is 11.3 Å². The molecule has 6 heteroatoms. The molecule has 1 saturated heterocycles. The van der Waals surface area contributed by atoms with Crippen LogP contribution in [0, 0.1) is 6.92 Å². The van der Waals surface area contributed by atoms with Gasteiger partial charge in [0.25, 0.3) is 0 Å². The summed E-state index contributed by atoms with van der Waals surface area (Å²) in [7, 11) is 0. The van der Waals surface area contributed by atoms with Crippen LogP contribution in [0.3, 0.4) is 0 Å². The maximum Gasteiger partial charge on any atom is 0.185 e. The molecule has 1 fully saturated rings. The van der Waals surface area contributed by atoms with E-state index < -0.39 is 0 Å². The molecule has 29 heavy (non-hydrogen) atoms. The smallest absolute Gasteiger partial charge is 0.185 e. The van der Waals surface area contributed by atoms with Crippen molar-refractivity contribution in [3.63, 3.8) is 0 Å². The lowest BCUT2D eigenvalue weighted by Gasteiger charge is -2.34. The van der Waals surface area contributed by atoms with Crippen molar-refractivity contribution in [1.82, 2.24) is 9.88 Å². The first kappa shape index (κ1) is 19.6. The van der Waals surface area contributed by atoms with E-state index in [-0.39, 0.29) is 6.61 Å². The maximum atomic E-state index is 10.6. The average molecular weight is 408 g/mol. The van der Waals surface area contributed by atoms with Crippen molar-refractivity contribution in [3.8, 4) is 16.2 Å². The summed E-state index contributed by atoms with van der Waals surface area (Å²) in [6.45, 7) is 6.99. The van der Waals surface area contributed by atoms with E-state index in [1.165, 1.54) is 16.0 Å². The highest BCUT2D eigenvalue weighted by Crippen LogP contribution is 2.31. The third-order valence-electron chi connectivity index (χ3n) is 5.03. The second-order valence-corrected chi connectivity index (χ2v) is 8.28. The van der Waals surface area contributed by atoms with Crippen LogP contribution in [0.4, 0.5) is 5.13 Å². The maximum absolute atomic E-state index is 10.6. The first-order valence-corrected chi connectivity index (χ1v) is 10.7. The van der Waals surface area contributed by atoms with Crippen molar-refractivity contribution >= 4 is 22.8 Å². The summed E-state index contributed by atoms with van der Waals surface area (Å²) >= 11 is 1.76. The first-order chi connectivity index (χ1) is 14.2. The van der Waals surface area contributed by atoms with Gasteiger partial charge < -0.3 is 9.64 Å². The van der Waals surface area contributed by atoms with Gasteiger partial charge in [-0.1, -0.05) is 47.7 Å². The fraction of sp³-hybridized carbons (Fsp3) is 0.304. The molecule has 4 rings (SSSR count). The zero-order chi connectivity index (χ0) is 20.1. The number of hydrogen-bond donors (Lipinski definition) is 0. The second-order valence-electron chi connectivity index (χ2n) is 7.27. The van der Waals surface area contributed by atoms with Crippen molar-refractivity contribution < 1.29 is 9.53 Å². The zero-order valence-electron chi connectivity index (χ0n) is 16.6. The van der Waals surface area contributed by atoms with E-state index in [4.69, 9.17) is 4.74 Å². The Labute approximate surface area is 175 Å². The summed E-state index contributed by atoms with van der Waals surface area (Å²) in [4.78, 5) is 21.3. The van der Waals surface area contributed by atoms with Crippen LogP contribution in [0.2, 0.25) is 0 Å². The lowest BCUT2D eigenvalue weighted by atomic mass is 10.1. The Hall–Kier alpha value is -2.70. The number of thiazole rings is 1. The highest BCUT2D eigenvalue weighted by atomic mass is 32.1. The van der Waals surface area contributed by atoms with Gasteiger partial charge in [0.1, 0.15) is 12.4 Å². The molecule has 0 N–H and O–H groups in total. The van der Waals surface area contributed by atoms with Gasteiger partial charge in [0.15, 0.2) is 11.4 Å². The Kier molecular flexibility index (Phi) is 6.22. The van der Waals surface area contributed by atoms with Crippen molar-refractivity contribution in [2.24, 2.45) is 0 Å². The molecule has 5 nitrogen and oxygen atoms in total. The number of rotatable bonds is 7. The Morgan fingerprint density at radius 3 is 2.66 bits per heavy atom. The van der Waals surface area contributed by atoms with Gasteiger partial charge in [0.05, 0.1) is 4.88 Å². The summed E-state index contributed by atoms with van der Waals surface area (Å²) < 4.78 is 5.48. The first-order valence-electron chi connectivity index (χ1n) is 9.87. The summed E-state index contributed by atoms with van der Waals surface area (Å²) in [5, 5.41) is 1.10. The molecule has 2 aromatic carbocycles. The molecule has 150 valence electrons. The number of piperazine rings is 1. The lowest BCUT2D eigenvalue weighted by molar-refractivity contribution is -0.109. The number of aldehydes is 1. The number of benzene rings is 2. The molecule has 1 aliphatic rings. The number of ether oxygens (including phenoxy) is 1. The van der Waals surface area contributed by atoms with Crippen LogP contribution in [-0.2, 0) is 11.3 Å². The molecule has 1 aliphatic heterocycles. The van der Waals surface area contributed by atoms with Gasteiger partial charge in [-0.05, 0) is 35.7 Å². The summed E-state index contributed by atoms with van der Waals surface area (Å²) in [5.74, 6) is 0.766. The Balaban J connectivity index is 1.35. The quantitative estimate of drug-likeness (QED) is 0.554. The topological polar surface area (TPSA) is 45.7 Å². The fourth-order valence-corrected chi connectivity index (χ4v) is 4.60. The number of carbonyl (C=O) groups excluding carboxylic acids is 1. The third-order valence-corrected chi connectivity index (χ3v) is 6.14. The van der Waals surface area contributed by atoms with Gasteiger partial charge in [-0.25, -0.2) is 4.98 Å². The van der Waals surface area contributed by atoms with E-state index in [1.807, 2.05) is 24.4 Å². The van der Waals surface area contributed by atoms with E-state index in [9.17, 15) is 4.79 Å². The normalized spacial score (nSPS) is 14.7. The number of carbonyl (C=O) groups is 1. The molecule has 0 atom stereocenters. The molecule has 0 radical (unpaired) electrons. The van der Waals surface area contributed by atoms with Gasteiger partial charge in [-0.15, -0.1) is 0 Å². The zero-order valence-corrected chi connectivity index (χ0v) is 17.4. The van der Waals surface area contributed by atoms with E-state index >= 15 is 0 Å². The number of aromatic nitrogens is 1. The van der Waals surface area contributed by atoms with Crippen LogP contribution in [0.1, 0.15) is 11.1 Å². The van der Waals surface area contributed by atoms with Crippen molar-refractivity contribution in [2.45, 2.75) is 13.5 Å². The predicted molar refractivity (Wildman–Crippen MR) is 118 cm³/mol. The highest BCUT2D eigenvalue weighted by molar-refractivity contribution is 7.18. The second kappa shape index (κ2) is 9.20. The summed E-state index contributed by atoms with van der Waals surface area (Å²) in [6, 6.07) is 16.6. The van der Waals surface area contributed by atoms with E-state index in [2.05, 4.69) is 52.0 Å². The van der Waals surface area contributed by atoms with Gasteiger partial charge in [-0.2, -0.15) is 0 Å². The minimum Gasteiger partial charge on any atom is -0.486 e. The molecular formula is C23H25N3O2S. The Morgan fingerprint density at radius 1 is 1.10 bits per heavy atom. The van der Waals surface area contributed by atoms with Crippen LogP contribution in [-0.4, -0.2) is 49.0 Å². The van der Waals surface area contributed by atoms with Gasteiger partial charge in [0.2, 0.25) is 0 Å². The molecule has 0 bridgehead atoms. The summed E-state index contributed by atoms with van der Waals surface area (Å²) in [6.07, 6.45) is 2.76. The fourth-order valence-electron chi connectivity index (χ4n) is 3.63. The number of hydrogen-bond acceptors (Lipinski definition) is 6. The number of aryl methyl sites for hydroxylation is 1. The monoisotopic (exact) mass is 407 g/mol. The minimum atomic E-state index is 0.0976. The van der Waals surface area contributed by atoms with E-state index in [0.29, 0.717) is 0 Å². The predicted octanol–water partition coefficient (Wildman–Crippen LogP) is 4.02. The summed E-state index contributed by atoms with van der Waals surface area (Å²) in [5.41, 5.74) is 3.60. The standard InChI is InChI=1S/C23H25N3O2S/c1-18-13-19(15-21(14-18)28-12-11-27)17-25-7-9-26(10-8-25)23-24-16-22(29-23)20-5-3-2-4-6-20/h2-6,11,13-16H,7-10,12,17H2,1H3. The lowest BCUT2D eigenvalue weighted by Crippen LogP contribution is -2.45. The molecule has 0 spiro atoms. The van der Waals surface area contributed by atoms with Crippen LogP contribution in [0.15, 0.2) is 54.7 Å². The molecule has 2 heterocycles. The van der Waals surface area contributed by atoms with Crippen molar-refractivity contribution in [3.05, 3.63) is 65.9 Å². The molecule has 0 saturated carbocycles. The molecule has 0 unspecified atom stereocenters. The highest BCUT2D eigenvalue weighted by Gasteiger charge is 2.20. The largest absolute Gasteiger partial charge is 0.486 e. The average Bonchev–Trinajstić information content (AvgIpc) is 3.23. The molecule has 1 aromatic heterocycles. The van der Waals surface area contributed by atoms with Crippen molar-refractivity contribution in [1.29, 1.82) is 0 Å². The van der Waals surface area contributed by atoms with Gasteiger partial charge in [0, 0.05) is 38.9 Å². The number of nitrogens with zero attached hydrogens (tertiary/aromatic N) is 3. The molecule has 3 aromatic rings. The van der Waals surface area contributed by atoms with Crippen LogP contribution < -0.4 is 9.64 Å². The van der Waals surface area contributed by atoms with Crippen LogP contribution in [0.25, 0.3) is 10.4 Å². The third kappa shape index (κ3) is 5.02. The molecular weight excluding hydrogens is 382 g/mol. The van der Waals surface area contributed by atoms with Crippen LogP contribution in [0.5, 0.6) is 5.75 Å². The molecule has 0 amide bonds. The van der Waals surface area contributed by atoms with E-state index in [0.717, 1.165) is 55.5 Å². The minimum absolute atomic E-state index is 0.0976. The van der Waals surface area contributed by atoms with Gasteiger partial charge in [-0.3, -0.25) is 9.69 Å². The molecule has 0 aliphatic carbocycles. The van der Waals surface area contributed by atoms with Crippen LogP contribution >= 0.6 is 11.3 Å². The SMILES string of the molecule is Cc1cc(CN2CCN(c3ncc(-c4ccccc4)s3)CC2)cc(OCC=O)c1. The number of anilines is 1. The van der Waals surface area contributed by atoms with Crippen molar-refractivity contribution in [2.75, 3.05) is 37.7 Å². The Morgan fingerprint density at radius 2 is 1.90 bits per heavy atom. The van der Waals surface area contributed by atoms with Gasteiger partial charge >= 0.3 is 0 Å². The Bertz CT molecular complexity index is 950.